The summed E-state index contributed by atoms with van der Waals surface area (Å²) in [6.07, 6.45) is 0. The van der Waals surface area contributed by atoms with Gasteiger partial charge in [0.2, 0.25) is 0 Å². The Morgan fingerprint density at radius 3 is 2.34 bits per heavy atom. The molecule has 2 rings (SSSR count). The summed E-state index contributed by atoms with van der Waals surface area (Å²) in [5.74, 6) is 1.32. The number of carbonyl (C=O) groups is 1. The van der Waals surface area contributed by atoms with Gasteiger partial charge in [-0.2, -0.15) is 11.3 Å². The van der Waals surface area contributed by atoms with Crippen LogP contribution in [-0.4, -0.2) is 42.9 Å². The van der Waals surface area contributed by atoms with Gasteiger partial charge in [0.15, 0.2) is 5.96 Å². The van der Waals surface area contributed by atoms with E-state index in [-0.39, 0.29) is 29.9 Å². The number of rotatable bonds is 9. The minimum absolute atomic E-state index is 0. The molecule has 160 valence electrons. The SMILES string of the molecule is CCNC(=NCc1ccc(C(=O)N(CC)CC)cc1)NCC(C)c1ccsc1.I. The summed E-state index contributed by atoms with van der Waals surface area (Å²) in [6, 6.07) is 9.92. The van der Waals surface area contributed by atoms with E-state index in [0.29, 0.717) is 12.5 Å². The van der Waals surface area contributed by atoms with Gasteiger partial charge in [-0.25, -0.2) is 4.99 Å². The highest BCUT2D eigenvalue weighted by atomic mass is 127. The van der Waals surface area contributed by atoms with Gasteiger partial charge in [0.05, 0.1) is 6.54 Å². The molecule has 1 atom stereocenters. The van der Waals surface area contributed by atoms with Crippen molar-refractivity contribution in [1.82, 2.24) is 15.5 Å². The van der Waals surface area contributed by atoms with Gasteiger partial charge in [-0.15, -0.1) is 24.0 Å². The Bertz CT molecular complexity index is 743. The van der Waals surface area contributed by atoms with Crippen molar-refractivity contribution < 1.29 is 4.79 Å². The van der Waals surface area contributed by atoms with E-state index in [9.17, 15) is 4.79 Å². The summed E-state index contributed by atoms with van der Waals surface area (Å²) in [5.41, 5.74) is 3.16. The fourth-order valence-corrected chi connectivity index (χ4v) is 3.66. The van der Waals surface area contributed by atoms with Gasteiger partial charge in [0.1, 0.15) is 0 Å². The zero-order valence-electron chi connectivity index (χ0n) is 17.8. The number of hydrogen-bond donors (Lipinski definition) is 2. The smallest absolute Gasteiger partial charge is 0.253 e. The molecule has 0 saturated carbocycles. The first-order valence-electron chi connectivity index (χ1n) is 10.0. The molecule has 0 aliphatic heterocycles. The lowest BCUT2D eigenvalue weighted by atomic mass is 10.1. The Morgan fingerprint density at radius 2 is 1.79 bits per heavy atom. The Hall–Kier alpha value is -1.61. The van der Waals surface area contributed by atoms with E-state index in [1.807, 2.05) is 43.0 Å². The largest absolute Gasteiger partial charge is 0.357 e. The third kappa shape index (κ3) is 7.97. The van der Waals surface area contributed by atoms with Crippen LogP contribution in [0.1, 0.15) is 55.1 Å². The van der Waals surface area contributed by atoms with Crippen LogP contribution in [-0.2, 0) is 6.54 Å². The van der Waals surface area contributed by atoms with Gasteiger partial charge >= 0.3 is 0 Å². The maximum Gasteiger partial charge on any atom is 0.253 e. The number of thiophene rings is 1. The molecule has 0 radical (unpaired) electrons. The zero-order chi connectivity index (χ0) is 20.4. The van der Waals surface area contributed by atoms with Gasteiger partial charge in [-0.3, -0.25) is 4.79 Å². The molecule has 0 bridgehead atoms. The topological polar surface area (TPSA) is 56.7 Å². The summed E-state index contributed by atoms with van der Waals surface area (Å²) in [6.45, 7) is 11.9. The fourth-order valence-electron chi connectivity index (χ4n) is 2.88. The first kappa shape index (κ1) is 25.4. The lowest BCUT2D eigenvalue weighted by Gasteiger charge is -2.18. The van der Waals surface area contributed by atoms with Crippen LogP contribution in [0.25, 0.3) is 0 Å². The van der Waals surface area contributed by atoms with Crippen LogP contribution in [0.4, 0.5) is 0 Å². The molecule has 0 saturated heterocycles. The van der Waals surface area contributed by atoms with E-state index in [1.54, 1.807) is 11.3 Å². The number of guanidine groups is 1. The fraction of sp³-hybridized carbons (Fsp3) is 0.455. The number of amides is 1. The predicted molar refractivity (Wildman–Crippen MR) is 135 cm³/mol. The van der Waals surface area contributed by atoms with E-state index >= 15 is 0 Å². The zero-order valence-corrected chi connectivity index (χ0v) is 20.9. The van der Waals surface area contributed by atoms with Crippen molar-refractivity contribution in [1.29, 1.82) is 0 Å². The van der Waals surface area contributed by atoms with E-state index < -0.39 is 0 Å². The van der Waals surface area contributed by atoms with Crippen molar-refractivity contribution in [3.05, 3.63) is 57.8 Å². The second-order valence-corrected chi connectivity index (χ2v) is 7.49. The minimum Gasteiger partial charge on any atom is -0.357 e. The standard InChI is InChI=1S/C22H32N4OS.HI/c1-5-23-22(24-14-17(4)20-12-13-28-16-20)25-15-18-8-10-19(11-9-18)21(27)26(6-2)7-3;/h8-13,16-17H,5-7,14-15H2,1-4H3,(H2,23,24,25);1H. The van der Waals surface area contributed by atoms with Gasteiger partial charge in [-0.1, -0.05) is 19.1 Å². The molecule has 29 heavy (non-hydrogen) atoms. The van der Waals surface area contributed by atoms with Crippen molar-refractivity contribution in [3.63, 3.8) is 0 Å². The second-order valence-electron chi connectivity index (χ2n) is 6.71. The Morgan fingerprint density at radius 1 is 1.10 bits per heavy atom. The van der Waals surface area contributed by atoms with Crippen molar-refractivity contribution in [3.8, 4) is 0 Å². The van der Waals surface area contributed by atoms with E-state index in [4.69, 9.17) is 0 Å². The molecule has 1 aromatic carbocycles. The number of carbonyl (C=O) groups excluding carboxylic acids is 1. The third-order valence-electron chi connectivity index (χ3n) is 4.70. The lowest BCUT2D eigenvalue weighted by molar-refractivity contribution is 0.0773. The molecule has 2 aromatic rings. The Labute approximate surface area is 196 Å². The number of hydrogen-bond acceptors (Lipinski definition) is 3. The van der Waals surface area contributed by atoms with Crippen LogP contribution in [0.3, 0.4) is 0 Å². The second kappa shape index (κ2) is 13.6. The first-order valence-corrected chi connectivity index (χ1v) is 11.0. The van der Waals surface area contributed by atoms with Crippen LogP contribution in [0.15, 0.2) is 46.1 Å². The maximum absolute atomic E-state index is 12.4. The van der Waals surface area contributed by atoms with Crippen LogP contribution in [0.2, 0.25) is 0 Å². The van der Waals surface area contributed by atoms with Gasteiger partial charge in [0.25, 0.3) is 5.91 Å². The van der Waals surface area contributed by atoms with E-state index in [0.717, 1.165) is 43.3 Å². The van der Waals surface area contributed by atoms with Crippen LogP contribution in [0, 0.1) is 0 Å². The van der Waals surface area contributed by atoms with Crippen molar-refractivity contribution in [2.24, 2.45) is 4.99 Å². The highest BCUT2D eigenvalue weighted by Crippen LogP contribution is 2.17. The molecule has 5 nitrogen and oxygen atoms in total. The van der Waals surface area contributed by atoms with Crippen molar-refractivity contribution >= 4 is 47.2 Å². The molecule has 7 heteroatoms. The average Bonchev–Trinajstić information content (AvgIpc) is 3.26. The molecule has 2 N–H and O–H groups in total. The summed E-state index contributed by atoms with van der Waals surface area (Å²) in [4.78, 5) is 18.9. The third-order valence-corrected chi connectivity index (χ3v) is 5.40. The van der Waals surface area contributed by atoms with Crippen molar-refractivity contribution in [2.45, 2.75) is 40.2 Å². The van der Waals surface area contributed by atoms with E-state index in [1.165, 1.54) is 5.56 Å². The normalized spacial score (nSPS) is 12.1. The monoisotopic (exact) mass is 528 g/mol. The number of benzene rings is 1. The minimum atomic E-state index is 0. The number of halogens is 1. The summed E-state index contributed by atoms with van der Waals surface area (Å²) >= 11 is 1.73. The summed E-state index contributed by atoms with van der Waals surface area (Å²) in [5, 5.41) is 11.0. The molecule has 0 aliphatic rings. The van der Waals surface area contributed by atoms with Gasteiger partial charge in [0, 0.05) is 31.7 Å². The molecule has 1 heterocycles. The highest BCUT2D eigenvalue weighted by molar-refractivity contribution is 14.0. The van der Waals surface area contributed by atoms with E-state index in [2.05, 4.69) is 46.3 Å². The molecular formula is C22H33IN4OS. The Balaban J connectivity index is 0.00000420. The molecule has 0 spiro atoms. The van der Waals surface area contributed by atoms with Crippen LogP contribution < -0.4 is 10.6 Å². The number of aliphatic imine (C=N–C) groups is 1. The van der Waals surface area contributed by atoms with Crippen molar-refractivity contribution in [2.75, 3.05) is 26.2 Å². The lowest BCUT2D eigenvalue weighted by Crippen LogP contribution is -2.39. The quantitative estimate of drug-likeness (QED) is 0.282. The molecule has 0 fully saturated rings. The van der Waals surface area contributed by atoms with Gasteiger partial charge in [-0.05, 0) is 66.8 Å². The maximum atomic E-state index is 12.4. The summed E-state index contributed by atoms with van der Waals surface area (Å²) < 4.78 is 0. The molecule has 0 aliphatic carbocycles. The average molecular weight is 529 g/mol. The Kier molecular flexibility index (Phi) is 11.9. The molecule has 1 aromatic heterocycles. The van der Waals surface area contributed by atoms with Crippen LogP contribution >= 0.6 is 35.3 Å². The number of nitrogens with one attached hydrogen (secondary N) is 2. The summed E-state index contributed by atoms with van der Waals surface area (Å²) in [7, 11) is 0. The molecule has 1 unspecified atom stereocenters. The highest BCUT2D eigenvalue weighted by Gasteiger charge is 2.12. The molecule has 1 amide bonds. The number of nitrogens with zero attached hydrogens (tertiary/aromatic N) is 2. The van der Waals surface area contributed by atoms with Crippen LogP contribution in [0.5, 0.6) is 0 Å². The van der Waals surface area contributed by atoms with Gasteiger partial charge < -0.3 is 15.5 Å². The molecular weight excluding hydrogens is 495 g/mol. The predicted octanol–water partition coefficient (Wildman–Crippen LogP) is 4.71. The first-order chi connectivity index (χ1) is 13.6.